The molecular weight excluding hydrogens is 240 g/mol. The van der Waals surface area contributed by atoms with Gasteiger partial charge < -0.3 is 14.6 Å². The van der Waals surface area contributed by atoms with E-state index >= 15 is 0 Å². The first-order valence-electron chi connectivity index (χ1n) is 6.17. The van der Waals surface area contributed by atoms with Gasteiger partial charge in [-0.3, -0.25) is 0 Å². The lowest BCUT2D eigenvalue weighted by molar-refractivity contribution is 0.356. The van der Waals surface area contributed by atoms with Gasteiger partial charge in [0, 0.05) is 5.56 Å². The van der Waals surface area contributed by atoms with E-state index in [1.165, 1.54) is 0 Å². The summed E-state index contributed by atoms with van der Waals surface area (Å²) < 4.78 is 10.6. The minimum atomic E-state index is 0.0754. The zero-order valence-corrected chi connectivity index (χ0v) is 11.5. The van der Waals surface area contributed by atoms with Gasteiger partial charge in [0.25, 0.3) is 0 Å². The molecule has 1 N–H and O–H groups in total. The molecule has 0 bridgehead atoms. The van der Waals surface area contributed by atoms with Gasteiger partial charge in [-0.25, -0.2) is 0 Å². The van der Waals surface area contributed by atoms with E-state index in [0.29, 0.717) is 11.5 Å². The molecule has 3 nitrogen and oxygen atoms in total. The number of hydrogen-bond acceptors (Lipinski definition) is 3. The first-order valence-corrected chi connectivity index (χ1v) is 6.17. The molecule has 0 heterocycles. The smallest absolute Gasteiger partial charge is 0.161 e. The molecule has 100 valence electrons. The molecule has 2 aromatic carbocycles. The topological polar surface area (TPSA) is 38.7 Å². The standard InChI is InChI=1S/C16H18O3/c1-5-11-6-12(10(2)17)7-13-8-15(18-3)16(19-4)9-14(11)13/h6-9,17H,2,5H2,1,3-4H3. The Morgan fingerprint density at radius 3 is 2.26 bits per heavy atom. The van der Waals surface area contributed by atoms with Crippen molar-refractivity contribution in [2.45, 2.75) is 13.3 Å². The molecule has 0 unspecified atom stereocenters. The summed E-state index contributed by atoms with van der Waals surface area (Å²) >= 11 is 0. The Labute approximate surface area is 113 Å². The third kappa shape index (κ3) is 2.36. The van der Waals surface area contributed by atoms with Crippen molar-refractivity contribution in [1.82, 2.24) is 0 Å². The minimum Gasteiger partial charge on any atom is -0.508 e. The van der Waals surface area contributed by atoms with Gasteiger partial charge in [-0.15, -0.1) is 0 Å². The number of aliphatic hydroxyl groups excluding tert-OH is 1. The zero-order valence-electron chi connectivity index (χ0n) is 11.5. The average Bonchev–Trinajstić information content (AvgIpc) is 2.44. The van der Waals surface area contributed by atoms with Gasteiger partial charge >= 0.3 is 0 Å². The second-order valence-corrected chi connectivity index (χ2v) is 4.36. The van der Waals surface area contributed by atoms with Crippen molar-refractivity contribution in [2.24, 2.45) is 0 Å². The van der Waals surface area contributed by atoms with Crippen LogP contribution in [0.25, 0.3) is 16.5 Å². The van der Waals surface area contributed by atoms with Crippen molar-refractivity contribution in [1.29, 1.82) is 0 Å². The largest absolute Gasteiger partial charge is 0.508 e. The van der Waals surface area contributed by atoms with Gasteiger partial charge in [0.2, 0.25) is 0 Å². The zero-order chi connectivity index (χ0) is 14.0. The fourth-order valence-corrected chi connectivity index (χ4v) is 2.23. The normalized spacial score (nSPS) is 10.5. The highest BCUT2D eigenvalue weighted by Crippen LogP contribution is 2.35. The first-order chi connectivity index (χ1) is 9.10. The van der Waals surface area contributed by atoms with Crippen LogP contribution in [0.5, 0.6) is 11.5 Å². The van der Waals surface area contributed by atoms with Crippen molar-refractivity contribution in [2.75, 3.05) is 14.2 Å². The third-order valence-corrected chi connectivity index (χ3v) is 3.26. The summed E-state index contributed by atoms with van der Waals surface area (Å²) in [6.07, 6.45) is 0.868. The second-order valence-electron chi connectivity index (χ2n) is 4.36. The van der Waals surface area contributed by atoms with E-state index in [-0.39, 0.29) is 5.76 Å². The highest BCUT2D eigenvalue weighted by molar-refractivity contribution is 5.91. The lowest BCUT2D eigenvalue weighted by Crippen LogP contribution is -1.94. The summed E-state index contributed by atoms with van der Waals surface area (Å²) in [7, 11) is 3.23. The van der Waals surface area contributed by atoms with Crippen LogP contribution in [0.4, 0.5) is 0 Å². The molecule has 0 radical (unpaired) electrons. The number of ether oxygens (including phenoxy) is 2. The summed E-state index contributed by atoms with van der Waals surface area (Å²) in [5, 5.41) is 11.7. The van der Waals surface area contributed by atoms with Crippen LogP contribution in [0, 0.1) is 0 Å². The molecule has 0 aliphatic rings. The van der Waals surface area contributed by atoms with Gasteiger partial charge in [-0.1, -0.05) is 13.5 Å². The fourth-order valence-electron chi connectivity index (χ4n) is 2.23. The van der Waals surface area contributed by atoms with Crippen LogP contribution in [0.1, 0.15) is 18.1 Å². The van der Waals surface area contributed by atoms with E-state index in [1.807, 2.05) is 24.3 Å². The number of fused-ring (bicyclic) bond motifs is 1. The lowest BCUT2D eigenvalue weighted by Gasteiger charge is -2.13. The van der Waals surface area contributed by atoms with Crippen LogP contribution in [-0.4, -0.2) is 19.3 Å². The maximum absolute atomic E-state index is 9.58. The Morgan fingerprint density at radius 2 is 1.74 bits per heavy atom. The molecular formula is C16H18O3. The van der Waals surface area contributed by atoms with Crippen LogP contribution in [0.2, 0.25) is 0 Å². The predicted octanol–water partition coefficient (Wildman–Crippen LogP) is 3.95. The maximum atomic E-state index is 9.58. The van der Waals surface area contributed by atoms with Crippen LogP contribution in [-0.2, 0) is 6.42 Å². The summed E-state index contributed by atoms with van der Waals surface area (Å²) in [5.41, 5.74) is 1.88. The number of methoxy groups -OCH3 is 2. The van der Waals surface area contributed by atoms with E-state index < -0.39 is 0 Å². The average molecular weight is 258 g/mol. The Balaban J connectivity index is 2.78. The summed E-state index contributed by atoms with van der Waals surface area (Å²) in [4.78, 5) is 0. The SMILES string of the molecule is C=C(O)c1cc(CC)c2cc(OC)c(OC)cc2c1. The first kappa shape index (κ1) is 13.3. The molecule has 0 aliphatic heterocycles. The van der Waals surface area contributed by atoms with Crippen LogP contribution in [0.3, 0.4) is 0 Å². The molecule has 0 amide bonds. The molecule has 0 saturated carbocycles. The molecule has 0 atom stereocenters. The lowest BCUT2D eigenvalue weighted by atomic mass is 9.98. The van der Waals surface area contributed by atoms with Crippen molar-refractivity contribution in [3.8, 4) is 11.5 Å². The Kier molecular flexibility index (Phi) is 3.65. The Morgan fingerprint density at radius 1 is 1.11 bits per heavy atom. The van der Waals surface area contributed by atoms with Crippen molar-refractivity contribution >= 4 is 16.5 Å². The molecule has 19 heavy (non-hydrogen) atoms. The van der Waals surface area contributed by atoms with Gasteiger partial charge in [0.15, 0.2) is 11.5 Å². The molecule has 2 rings (SSSR count). The number of hydrogen-bond donors (Lipinski definition) is 1. The van der Waals surface area contributed by atoms with Crippen molar-refractivity contribution in [3.05, 3.63) is 42.0 Å². The summed E-state index contributed by atoms with van der Waals surface area (Å²) in [5.74, 6) is 1.46. The van der Waals surface area contributed by atoms with E-state index in [1.54, 1.807) is 14.2 Å². The highest BCUT2D eigenvalue weighted by Gasteiger charge is 2.10. The maximum Gasteiger partial charge on any atom is 0.161 e. The molecule has 0 saturated heterocycles. The summed E-state index contributed by atoms with van der Waals surface area (Å²) in [6.45, 7) is 5.66. The number of aryl methyl sites for hydroxylation is 1. The van der Waals surface area contributed by atoms with E-state index in [2.05, 4.69) is 13.5 Å². The van der Waals surface area contributed by atoms with Crippen LogP contribution >= 0.6 is 0 Å². The number of rotatable bonds is 4. The Hall–Kier alpha value is -2.16. The van der Waals surface area contributed by atoms with Crippen LogP contribution < -0.4 is 9.47 Å². The third-order valence-electron chi connectivity index (χ3n) is 3.26. The number of aliphatic hydroxyl groups is 1. The monoisotopic (exact) mass is 258 g/mol. The van der Waals surface area contributed by atoms with Gasteiger partial charge in [0.1, 0.15) is 5.76 Å². The molecule has 0 aliphatic carbocycles. The quantitative estimate of drug-likeness (QED) is 0.844. The summed E-state index contributed by atoms with van der Waals surface area (Å²) in [6, 6.07) is 7.74. The van der Waals surface area contributed by atoms with Crippen molar-refractivity contribution < 1.29 is 14.6 Å². The molecule has 0 fully saturated rings. The highest BCUT2D eigenvalue weighted by atomic mass is 16.5. The fraction of sp³-hybridized carbons (Fsp3) is 0.250. The van der Waals surface area contributed by atoms with E-state index in [9.17, 15) is 5.11 Å². The number of benzene rings is 2. The van der Waals surface area contributed by atoms with Crippen LogP contribution in [0.15, 0.2) is 30.8 Å². The van der Waals surface area contributed by atoms with E-state index in [0.717, 1.165) is 28.3 Å². The predicted molar refractivity (Wildman–Crippen MR) is 78.1 cm³/mol. The van der Waals surface area contributed by atoms with Gasteiger partial charge in [-0.2, -0.15) is 0 Å². The molecule has 0 spiro atoms. The Bertz CT molecular complexity index is 629. The van der Waals surface area contributed by atoms with Gasteiger partial charge in [0.05, 0.1) is 14.2 Å². The second kappa shape index (κ2) is 5.22. The van der Waals surface area contributed by atoms with Crippen molar-refractivity contribution in [3.63, 3.8) is 0 Å². The van der Waals surface area contributed by atoms with Gasteiger partial charge in [-0.05, 0) is 47.0 Å². The molecule has 3 heteroatoms. The molecule has 2 aromatic rings. The minimum absolute atomic E-state index is 0.0754. The molecule has 0 aromatic heterocycles. The van der Waals surface area contributed by atoms with E-state index in [4.69, 9.17) is 9.47 Å².